The number of fused-ring (bicyclic) bond motifs is 1. The molecular weight excluding hydrogens is 376 g/mol. The van der Waals surface area contributed by atoms with E-state index in [9.17, 15) is 9.59 Å². The summed E-state index contributed by atoms with van der Waals surface area (Å²) in [5.74, 6) is 0.258. The molecular formula is C25H22N2O3. The molecule has 0 aliphatic rings. The number of rotatable bonds is 5. The number of anilines is 1. The third-order valence-corrected chi connectivity index (χ3v) is 5.06. The van der Waals surface area contributed by atoms with Crippen LogP contribution in [0.5, 0.6) is 5.75 Å². The number of para-hydroxylation sites is 2. The summed E-state index contributed by atoms with van der Waals surface area (Å²) in [4.78, 5) is 30.8. The first kappa shape index (κ1) is 19.5. The van der Waals surface area contributed by atoms with Crippen molar-refractivity contribution < 1.29 is 9.53 Å². The summed E-state index contributed by atoms with van der Waals surface area (Å²) in [6.45, 7) is 2.12. The SMILES string of the molecule is COc1ccccc1C(=O)N(Cc1cc2ccc(C)cc2[nH]c1=O)c1ccccc1. The molecule has 0 saturated carbocycles. The summed E-state index contributed by atoms with van der Waals surface area (Å²) in [6.07, 6.45) is 0. The van der Waals surface area contributed by atoms with E-state index in [-0.39, 0.29) is 18.0 Å². The maximum atomic E-state index is 13.5. The van der Waals surface area contributed by atoms with Crippen molar-refractivity contribution >= 4 is 22.5 Å². The van der Waals surface area contributed by atoms with Crippen molar-refractivity contribution in [2.24, 2.45) is 0 Å². The zero-order chi connectivity index (χ0) is 21.1. The van der Waals surface area contributed by atoms with E-state index in [0.717, 1.165) is 16.5 Å². The molecule has 0 spiro atoms. The maximum absolute atomic E-state index is 13.5. The van der Waals surface area contributed by atoms with Crippen LogP contribution in [0.15, 0.2) is 83.7 Å². The van der Waals surface area contributed by atoms with E-state index in [2.05, 4.69) is 4.98 Å². The van der Waals surface area contributed by atoms with Crippen molar-refractivity contribution in [1.29, 1.82) is 0 Å². The molecule has 5 nitrogen and oxygen atoms in total. The van der Waals surface area contributed by atoms with Crippen LogP contribution >= 0.6 is 0 Å². The Morgan fingerprint density at radius 2 is 1.70 bits per heavy atom. The van der Waals surface area contributed by atoms with Crippen LogP contribution in [0.1, 0.15) is 21.5 Å². The highest BCUT2D eigenvalue weighted by Crippen LogP contribution is 2.25. The number of aromatic amines is 1. The van der Waals surface area contributed by atoms with Crippen molar-refractivity contribution in [1.82, 2.24) is 4.98 Å². The second kappa shape index (κ2) is 8.25. The van der Waals surface area contributed by atoms with Crippen molar-refractivity contribution in [2.75, 3.05) is 12.0 Å². The molecule has 0 radical (unpaired) electrons. The summed E-state index contributed by atoms with van der Waals surface area (Å²) in [7, 11) is 1.54. The Balaban J connectivity index is 1.79. The molecule has 3 aromatic carbocycles. The van der Waals surface area contributed by atoms with Gasteiger partial charge in [0.1, 0.15) is 5.75 Å². The third kappa shape index (κ3) is 3.82. The number of hydrogen-bond donors (Lipinski definition) is 1. The minimum atomic E-state index is -0.234. The van der Waals surface area contributed by atoms with E-state index in [4.69, 9.17) is 4.74 Å². The van der Waals surface area contributed by atoms with Gasteiger partial charge in [-0.25, -0.2) is 0 Å². The summed E-state index contributed by atoms with van der Waals surface area (Å²) >= 11 is 0. The van der Waals surface area contributed by atoms with Crippen molar-refractivity contribution in [3.05, 3.63) is 106 Å². The minimum absolute atomic E-state index is 0.139. The molecule has 1 heterocycles. The highest BCUT2D eigenvalue weighted by atomic mass is 16.5. The fourth-order valence-corrected chi connectivity index (χ4v) is 3.50. The number of hydrogen-bond acceptors (Lipinski definition) is 3. The van der Waals surface area contributed by atoms with E-state index in [1.165, 1.54) is 7.11 Å². The Kier molecular flexibility index (Phi) is 5.35. The van der Waals surface area contributed by atoms with Crippen molar-refractivity contribution in [3.63, 3.8) is 0 Å². The Morgan fingerprint density at radius 3 is 2.47 bits per heavy atom. The molecule has 1 aromatic heterocycles. The maximum Gasteiger partial charge on any atom is 0.262 e. The van der Waals surface area contributed by atoms with E-state index < -0.39 is 0 Å². The first-order chi connectivity index (χ1) is 14.6. The molecule has 0 saturated heterocycles. The molecule has 0 unspecified atom stereocenters. The van der Waals surface area contributed by atoms with Gasteiger partial charge in [0.05, 0.1) is 19.2 Å². The van der Waals surface area contributed by atoms with Gasteiger partial charge in [-0.3, -0.25) is 9.59 Å². The number of benzene rings is 3. The summed E-state index contributed by atoms with van der Waals surface area (Å²) in [5, 5.41) is 0.924. The summed E-state index contributed by atoms with van der Waals surface area (Å²) in [6, 6.07) is 24.2. The fraction of sp³-hybridized carbons (Fsp3) is 0.120. The van der Waals surface area contributed by atoms with Crippen LogP contribution in [-0.2, 0) is 6.54 Å². The Labute approximate surface area is 174 Å². The molecule has 1 amide bonds. The standard InChI is InChI=1S/C25H22N2O3/c1-17-12-13-18-15-19(24(28)26-22(18)14-17)16-27(20-8-4-3-5-9-20)25(29)21-10-6-7-11-23(21)30-2/h3-15H,16H2,1-2H3,(H,26,28). The molecule has 0 aliphatic carbocycles. The van der Waals surface area contributed by atoms with Crippen LogP contribution in [-0.4, -0.2) is 18.0 Å². The second-order valence-corrected chi connectivity index (χ2v) is 7.14. The van der Waals surface area contributed by atoms with Gasteiger partial charge in [-0.05, 0) is 54.3 Å². The molecule has 4 aromatic rings. The molecule has 4 rings (SSSR count). The Morgan fingerprint density at radius 1 is 0.967 bits per heavy atom. The number of methoxy groups -OCH3 is 1. The quantitative estimate of drug-likeness (QED) is 0.530. The van der Waals surface area contributed by atoms with Crippen LogP contribution in [0.3, 0.4) is 0 Å². The Bertz CT molecular complexity index is 1260. The molecule has 0 atom stereocenters. The zero-order valence-electron chi connectivity index (χ0n) is 16.9. The lowest BCUT2D eigenvalue weighted by Gasteiger charge is -2.24. The van der Waals surface area contributed by atoms with Crippen LogP contribution < -0.4 is 15.2 Å². The zero-order valence-corrected chi connectivity index (χ0v) is 16.9. The number of nitrogens with zero attached hydrogens (tertiary/aromatic N) is 1. The fourth-order valence-electron chi connectivity index (χ4n) is 3.50. The molecule has 5 heteroatoms. The largest absolute Gasteiger partial charge is 0.496 e. The lowest BCUT2D eigenvalue weighted by atomic mass is 10.1. The van der Waals surface area contributed by atoms with Crippen LogP contribution in [0.25, 0.3) is 10.9 Å². The van der Waals surface area contributed by atoms with Crippen LogP contribution in [0, 0.1) is 6.92 Å². The smallest absolute Gasteiger partial charge is 0.262 e. The van der Waals surface area contributed by atoms with Crippen LogP contribution in [0.4, 0.5) is 5.69 Å². The number of amides is 1. The first-order valence-corrected chi connectivity index (χ1v) is 9.69. The third-order valence-electron chi connectivity index (χ3n) is 5.06. The number of aromatic nitrogens is 1. The van der Waals surface area contributed by atoms with Gasteiger partial charge in [0.25, 0.3) is 11.5 Å². The normalized spacial score (nSPS) is 10.7. The Hall–Kier alpha value is -3.86. The lowest BCUT2D eigenvalue weighted by molar-refractivity contribution is 0.0982. The van der Waals surface area contributed by atoms with Gasteiger partial charge < -0.3 is 14.6 Å². The van der Waals surface area contributed by atoms with Gasteiger partial charge in [-0.15, -0.1) is 0 Å². The molecule has 30 heavy (non-hydrogen) atoms. The molecule has 0 bridgehead atoms. The van der Waals surface area contributed by atoms with E-state index in [0.29, 0.717) is 22.6 Å². The highest BCUT2D eigenvalue weighted by Gasteiger charge is 2.22. The van der Waals surface area contributed by atoms with Gasteiger partial charge in [0, 0.05) is 16.8 Å². The molecule has 150 valence electrons. The second-order valence-electron chi connectivity index (χ2n) is 7.14. The topological polar surface area (TPSA) is 62.4 Å². The number of pyridine rings is 1. The lowest BCUT2D eigenvalue weighted by Crippen LogP contribution is -2.33. The number of carbonyl (C=O) groups excluding carboxylic acids is 1. The highest BCUT2D eigenvalue weighted by molar-refractivity contribution is 6.07. The van der Waals surface area contributed by atoms with Crippen molar-refractivity contribution in [3.8, 4) is 5.75 Å². The van der Waals surface area contributed by atoms with Crippen molar-refractivity contribution in [2.45, 2.75) is 13.5 Å². The minimum Gasteiger partial charge on any atom is -0.496 e. The monoisotopic (exact) mass is 398 g/mol. The molecule has 0 aliphatic heterocycles. The van der Waals surface area contributed by atoms with Gasteiger partial charge in [-0.1, -0.05) is 42.5 Å². The van der Waals surface area contributed by atoms with Gasteiger partial charge in [0.15, 0.2) is 0 Å². The summed E-state index contributed by atoms with van der Waals surface area (Å²) in [5.41, 5.74) is 3.31. The van der Waals surface area contributed by atoms with Gasteiger partial charge >= 0.3 is 0 Å². The number of ether oxygens (including phenoxy) is 1. The van der Waals surface area contributed by atoms with E-state index >= 15 is 0 Å². The summed E-state index contributed by atoms with van der Waals surface area (Å²) < 4.78 is 5.38. The van der Waals surface area contributed by atoms with E-state index in [1.807, 2.05) is 67.6 Å². The molecule has 1 N–H and O–H groups in total. The number of aryl methyl sites for hydroxylation is 1. The van der Waals surface area contributed by atoms with Gasteiger partial charge in [0.2, 0.25) is 0 Å². The number of nitrogens with one attached hydrogen (secondary N) is 1. The number of H-pyrrole nitrogens is 1. The van der Waals surface area contributed by atoms with Gasteiger partial charge in [-0.2, -0.15) is 0 Å². The van der Waals surface area contributed by atoms with Crippen LogP contribution in [0.2, 0.25) is 0 Å². The average molecular weight is 398 g/mol. The number of carbonyl (C=O) groups is 1. The molecule has 0 fully saturated rings. The predicted molar refractivity (Wildman–Crippen MR) is 119 cm³/mol. The average Bonchev–Trinajstić information content (AvgIpc) is 2.77. The first-order valence-electron chi connectivity index (χ1n) is 9.69. The predicted octanol–water partition coefficient (Wildman–Crippen LogP) is 4.69. The van der Waals surface area contributed by atoms with E-state index in [1.54, 1.807) is 23.1 Å².